The molecule has 3 N–H and O–H groups in total. The number of aromatic nitrogens is 5. The van der Waals surface area contributed by atoms with E-state index in [0.29, 0.717) is 33.4 Å². The van der Waals surface area contributed by atoms with Gasteiger partial charge in [0.1, 0.15) is 0 Å². The van der Waals surface area contributed by atoms with Gasteiger partial charge in [-0.15, -0.1) is 10.2 Å². The highest BCUT2D eigenvalue weighted by Gasteiger charge is 2.15. The maximum absolute atomic E-state index is 12.4. The zero-order valence-electron chi connectivity index (χ0n) is 15.4. The van der Waals surface area contributed by atoms with Crippen LogP contribution in [0.15, 0.2) is 52.4 Å². The summed E-state index contributed by atoms with van der Waals surface area (Å²) in [5.41, 5.74) is 2.56. The summed E-state index contributed by atoms with van der Waals surface area (Å²) in [5, 5.41) is 12.6. The van der Waals surface area contributed by atoms with Crippen LogP contribution in [0.1, 0.15) is 6.92 Å². The molecule has 0 aliphatic carbocycles. The summed E-state index contributed by atoms with van der Waals surface area (Å²) in [6.45, 7) is 2.67. The van der Waals surface area contributed by atoms with Gasteiger partial charge in [-0.2, -0.15) is 0 Å². The Kier molecular flexibility index (Phi) is 5.41. The number of H-pyrrole nitrogens is 2. The molecule has 2 heterocycles. The van der Waals surface area contributed by atoms with Crippen molar-refractivity contribution in [3.63, 3.8) is 0 Å². The van der Waals surface area contributed by atoms with Gasteiger partial charge < -0.3 is 19.9 Å². The Hall–Kier alpha value is -3.04. The molecule has 2 aromatic heterocycles. The van der Waals surface area contributed by atoms with Gasteiger partial charge in [-0.25, -0.2) is 4.79 Å². The number of hydrogen-bond acceptors (Lipinski definition) is 5. The highest BCUT2D eigenvalue weighted by molar-refractivity contribution is 7.99. The van der Waals surface area contributed by atoms with Crippen molar-refractivity contribution >= 4 is 46.0 Å². The minimum atomic E-state index is -0.283. The quantitative estimate of drug-likeness (QED) is 0.407. The van der Waals surface area contributed by atoms with Crippen LogP contribution < -0.4 is 11.0 Å². The van der Waals surface area contributed by atoms with Crippen molar-refractivity contribution in [3.05, 3.63) is 58.0 Å². The van der Waals surface area contributed by atoms with E-state index >= 15 is 0 Å². The van der Waals surface area contributed by atoms with Gasteiger partial charge in [0.05, 0.1) is 16.8 Å². The summed E-state index contributed by atoms with van der Waals surface area (Å²) >= 11 is 7.26. The van der Waals surface area contributed by atoms with Crippen LogP contribution in [0.4, 0.5) is 5.69 Å². The molecule has 0 unspecified atom stereocenters. The molecule has 1 amide bonds. The van der Waals surface area contributed by atoms with Crippen LogP contribution in [0.3, 0.4) is 0 Å². The zero-order chi connectivity index (χ0) is 20.4. The molecule has 4 rings (SSSR count). The fourth-order valence-corrected chi connectivity index (χ4v) is 3.86. The number of nitrogens with one attached hydrogen (secondary N) is 3. The molecular weight excluding hydrogens is 412 g/mol. The molecular formula is C19H17ClN6O2S. The van der Waals surface area contributed by atoms with Gasteiger partial charge in [-0.05, 0) is 49.4 Å². The van der Waals surface area contributed by atoms with Crippen molar-refractivity contribution in [1.29, 1.82) is 0 Å². The average molecular weight is 429 g/mol. The van der Waals surface area contributed by atoms with Crippen LogP contribution in [-0.4, -0.2) is 36.4 Å². The van der Waals surface area contributed by atoms with E-state index < -0.39 is 0 Å². The monoisotopic (exact) mass is 428 g/mol. The summed E-state index contributed by atoms with van der Waals surface area (Å²) in [5.74, 6) is 0.736. The first-order chi connectivity index (χ1) is 14.0. The third-order valence-corrected chi connectivity index (χ3v) is 5.49. The van der Waals surface area contributed by atoms with Crippen molar-refractivity contribution in [2.24, 2.45) is 0 Å². The molecule has 2 aromatic carbocycles. The fourth-order valence-electron chi connectivity index (χ4n) is 2.93. The third kappa shape index (κ3) is 4.20. The average Bonchev–Trinajstić information content (AvgIpc) is 3.28. The minimum Gasteiger partial charge on any atom is -0.325 e. The molecule has 8 nitrogen and oxygen atoms in total. The van der Waals surface area contributed by atoms with E-state index in [4.69, 9.17) is 11.6 Å². The molecule has 10 heteroatoms. The number of thioether (sulfide) groups is 1. The number of anilines is 1. The number of fused-ring (bicyclic) bond motifs is 1. The Bertz CT molecular complexity index is 1230. The van der Waals surface area contributed by atoms with E-state index in [1.165, 1.54) is 11.8 Å². The first-order valence-electron chi connectivity index (χ1n) is 8.87. The van der Waals surface area contributed by atoms with E-state index in [1.54, 1.807) is 30.3 Å². The van der Waals surface area contributed by atoms with Crippen LogP contribution in [0, 0.1) is 0 Å². The van der Waals surface area contributed by atoms with Gasteiger partial charge in [0, 0.05) is 22.8 Å². The number of imidazole rings is 1. The standard InChI is InChI=1S/C19H17ClN6O2S/c1-2-26-17(11-3-5-12(20)6-4-11)24-25-19(26)29-10-16(27)21-13-7-8-14-15(9-13)23-18(28)22-14/h3-9H,2,10H2,1H3,(H,21,27)(H2,22,23,28). The summed E-state index contributed by atoms with van der Waals surface area (Å²) in [6.07, 6.45) is 0. The van der Waals surface area contributed by atoms with Crippen molar-refractivity contribution in [2.45, 2.75) is 18.6 Å². The van der Waals surface area contributed by atoms with E-state index in [1.807, 2.05) is 23.6 Å². The van der Waals surface area contributed by atoms with Gasteiger partial charge in [0.15, 0.2) is 11.0 Å². The van der Waals surface area contributed by atoms with Crippen LogP contribution in [0.2, 0.25) is 5.02 Å². The van der Waals surface area contributed by atoms with Crippen molar-refractivity contribution < 1.29 is 4.79 Å². The Labute approximate surface area is 174 Å². The van der Waals surface area contributed by atoms with Crippen molar-refractivity contribution in [3.8, 4) is 11.4 Å². The second kappa shape index (κ2) is 8.14. The zero-order valence-corrected chi connectivity index (χ0v) is 17.0. The van der Waals surface area contributed by atoms with Gasteiger partial charge in [-0.3, -0.25) is 4.79 Å². The molecule has 29 heavy (non-hydrogen) atoms. The Balaban J connectivity index is 1.44. The van der Waals surface area contributed by atoms with Gasteiger partial charge >= 0.3 is 5.69 Å². The minimum absolute atomic E-state index is 0.175. The van der Waals surface area contributed by atoms with E-state index in [-0.39, 0.29) is 17.3 Å². The highest BCUT2D eigenvalue weighted by Crippen LogP contribution is 2.25. The van der Waals surface area contributed by atoms with Crippen LogP contribution in [-0.2, 0) is 11.3 Å². The van der Waals surface area contributed by atoms with E-state index in [9.17, 15) is 9.59 Å². The lowest BCUT2D eigenvalue weighted by atomic mass is 10.2. The maximum atomic E-state index is 12.4. The molecule has 0 spiro atoms. The molecule has 0 bridgehead atoms. The Morgan fingerprint density at radius 2 is 1.90 bits per heavy atom. The normalized spacial score (nSPS) is 11.1. The molecule has 0 atom stereocenters. The molecule has 4 aromatic rings. The van der Waals surface area contributed by atoms with E-state index in [0.717, 1.165) is 11.4 Å². The second-order valence-electron chi connectivity index (χ2n) is 6.23. The molecule has 0 radical (unpaired) electrons. The number of hydrogen-bond donors (Lipinski definition) is 3. The lowest BCUT2D eigenvalue weighted by molar-refractivity contribution is -0.113. The molecule has 0 saturated carbocycles. The number of carbonyl (C=O) groups excluding carboxylic acids is 1. The first-order valence-corrected chi connectivity index (χ1v) is 10.2. The van der Waals surface area contributed by atoms with Crippen LogP contribution >= 0.6 is 23.4 Å². The number of rotatable bonds is 6. The van der Waals surface area contributed by atoms with Crippen LogP contribution in [0.5, 0.6) is 0 Å². The number of amides is 1. The molecule has 0 saturated heterocycles. The number of nitrogens with zero attached hydrogens (tertiary/aromatic N) is 3. The SMILES string of the molecule is CCn1c(SCC(=O)Nc2ccc3[nH]c(=O)[nH]c3c2)nnc1-c1ccc(Cl)cc1. The predicted octanol–water partition coefficient (Wildman–Crippen LogP) is 3.52. The summed E-state index contributed by atoms with van der Waals surface area (Å²) in [6, 6.07) is 12.6. The van der Waals surface area contributed by atoms with E-state index in [2.05, 4.69) is 25.5 Å². The molecule has 0 aliphatic heterocycles. The third-order valence-electron chi connectivity index (χ3n) is 4.27. The number of halogens is 1. The molecule has 0 aliphatic rings. The summed E-state index contributed by atoms with van der Waals surface area (Å²) in [4.78, 5) is 29.0. The molecule has 148 valence electrons. The number of benzene rings is 2. The van der Waals surface area contributed by atoms with Gasteiger partial charge in [0.25, 0.3) is 0 Å². The van der Waals surface area contributed by atoms with Gasteiger partial charge in [-0.1, -0.05) is 23.4 Å². The lowest BCUT2D eigenvalue weighted by Crippen LogP contribution is -2.14. The fraction of sp³-hybridized carbons (Fsp3) is 0.158. The second-order valence-corrected chi connectivity index (χ2v) is 7.61. The van der Waals surface area contributed by atoms with Crippen molar-refractivity contribution in [1.82, 2.24) is 24.7 Å². The Morgan fingerprint density at radius 3 is 2.66 bits per heavy atom. The van der Waals surface area contributed by atoms with Crippen molar-refractivity contribution in [2.75, 3.05) is 11.1 Å². The summed E-state index contributed by atoms with van der Waals surface area (Å²) < 4.78 is 1.96. The Morgan fingerprint density at radius 1 is 1.14 bits per heavy atom. The first kappa shape index (κ1) is 19.3. The lowest BCUT2D eigenvalue weighted by Gasteiger charge is -2.08. The number of aromatic amines is 2. The maximum Gasteiger partial charge on any atom is 0.323 e. The highest BCUT2D eigenvalue weighted by atomic mass is 35.5. The molecule has 0 fully saturated rings. The van der Waals surface area contributed by atoms with Crippen LogP contribution in [0.25, 0.3) is 22.4 Å². The predicted molar refractivity (Wildman–Crippen MR) is 114 cm³/mol. The summed E-state index contributed by atoms with van der Waals surface area (Å²) in [7, 11) is 0. The number of carbonyl (C=O) groups is 1. The largest absolute Gasteiger partial charge is 0.325 e. The smallest absolute Gasteiger partial charge is 0.323 e. The van der Waals surface area contributed by atoms with Gasteiger partial charge in [0.2, 0.25) is 5.91 Å². The topological polar surface area (TPSA) is 108 Å².